The highest BCUT2D eigenvalue weighted by Crippen LogP contribution is 2.35. The van der Waals surface area contributed by atoms with Gasteiger partial charge < -0.3 is 15.1 Å². The molecular formula is C31H41NO2Si. The number of hydrogen-bond acceptors (Lipinski definition) is 3. The van der Waals surface area contributed by atoms with Gasteiger partial charge in [-0.05, 0) is 91.9 Å². The number of allylic oxidation sites excluding steroid dienone is 6. The van der Waals surface area contributed by atoms with E-state index >= 15 is 0 Å². The topological polar surface area (TPSA) is 43.7 Å². The molecular weight excluding hydrogens is 446 g/mol. The largest absolute Gasteiger partial charge is 0.508 e. The van der Waals surface area contributed by atoms with Crippen molar-refractivity contribution in [2.24, 2.45) is 0 Å². The van der Waals surface area contributed by atoms with Crippen molar-refractivity contribution in [3.05, 3.63) is 102 Å². The molecule has 1 fully saturated rings. The SMILES string of the molecule is C=C\C(O)=C/C=C(C)/C(=C(\CCCO)c1ccccc1)c1ccc([Si](C)(C)CN2CCCC2)cc1. The third kappa shape index (κ3) is 7.41. The van der Waals surface area contributed by atoms with Crippen molar-refractivity contribution in [3.8, 4) is 0 Å². The Bertz CT molecular complexity index is 1060. The van der Waals surface area contributed by atoms with Crippen molar-refractivity contribution < 1.29 is 10.2 Å². The molecule has 0 unspecified atom stereocenters. The molecule has 1 heterocycles. The van der Waals surface area contributed by atoms with E-state index in [9.17, 15) is 10.2 Å². The van der Waals surface area contributed by atoms with Crippen LogP contribution in [0.2, 0.25) is 13.1 Å². The molecule has 0 aliphatic carbocycles. The first-order valence-corrected chi connectivity index (χ1v) is 16.0. The summed E-state index contributed by atoms with van der Waals surface area (Å²) in [6, 6.07) is 19.6. The monoisotopic (exact) mass is 487 g/mol. The Kier molecular flexibility index (Phi) is 9.90. The van der Waals surface area contributed by atoms with Crippen LogP contribution >= 0.6 is 0 Å². The molecule has 0 bridgehead atoms. The van der Waals surface area contributed by atoms with Crippen LogP contribution in [-0.4, -0.2) is 49.1 Å². The molecule has 1 saturated heterocycles. The molecule has 0 radical (unpaired) electrons. The maximum atomic E-state index is 9.95. The zero-order chi connectivity index (χ0) is 25.3. The summed E-state index contributed by atoms with van der Waals surface area (Å²) in [7, 11) is -1.57. The number of rotatable bonds is 11. The summed E-state index contributed by atoms with van der Waals surface area (Å²) in [4.78, 5) is 2.64. The maximum Gasteiger partial charge on any atom is 0.114 e. The minimum Gasteiger partial charge on any atom is -0.508 e. The van der Waals surface area contributed by atoms with Gasteiger partial charge in [-0.2, -0.15) is 0 Å². The van der Waals surface area contributed by atoms with Gasteiger partial charge in [-0.15, -0.1) is 0 Å². The lowest BCUT2D eigenvalue weighted by Crippen LogP contribution is -2.51. The standard InChI is InChI=1S/C31H41NO2Si/c1-5-28(34)18-15-25(2)31(30(14-11-23-33)26-12-7-6-8-13-26)27-16-19-29(20-17-27)35(3,4)24-32-21-9-10-22-32/h5-8,12-13,15-20,33-34H,1,9-11,14,21-24H2,2-4H3/b25-15+,28-18+,31-30-. The lowest BCUT2D eigenvalue weighted by Gasteiger charge is -2.29. The molecule has 35 heavy (non-hydrogen) atoms. The van der Waals surface area contributed by atoms with E-state index < -0.39 is 8.07 Å². The number of aliphatic hydroxyl groups excluding tert-OH is 2. The molecule has 4 heteroatoms. The van der Waals surface area contributed by atoms with E-state index in [4.69, 9.17) is 0 Å². The molecule has 3 nitrogen and oxygen atoms in total. The van der Waals surface area contributed by atoms with Crippen molar-refractivity contribution in [3.63, 3.8) is 0 Å². The summed E-state index contributed by atoms with van der Waals surface area (Å²) < 4.78 is 0. The van der Waals surface area contributed by atoms with Crippen molar-refractivity contribution >= 4 is 24.4 Å². The summed E-state index contributed by atoms with van der Waals surface area (Å²) in [5.41, 5.74) is 5.76. The van der Waals surface area contributed by atoms with Gasteiger partial charge in [0.05, 0.1) is 8.07 Å². The molecule has 2 N–H and O–H groups in total. The first-order valence-electron chi connectivity index (χ1n) is 12.8. The number of benzene rings is 2. The van der Waals surface area contributed by atoms with Crippen LogP contribution in [0.1, 0.15) is 43.7 Å². The van der Waals surface area contributed by atoms with E-state index in [1.54, 1.807) is 6.08 Å². The minimum absolute atomic E-state index is 0.144. The fraction of sp³-hybridized carbons (Fsp3) is 0.355. The van der Waals surface area contributed by atoms with Crippen LogP contribution in [0.15, 0.2) is 90.7 Å². The molecule has 3 rings (SSSR count). The second kappa shape index (κ2) is 12.9. The van der Waals surface area contributed by atoms with Crippen molar-refractivity contribution in [1.82, 2.24) is 4.90 Å². The third-order valence-corrected chi connectivity index (χ3v) is 10.0. The summed E-state index contributed by atoms with van der Waals surface area (Å²) in [6.45, 7) is 13.3. The van der Waals surface area contributed by atoms with Gasteiger partial charge in [0.2, 0.25) is 0 Å². The average molecular weight is 488 g/mol. The van der Waals surface area contributed by atoms with Crippen LogP contribution in [0.25, 0.3) is 11.1 Å². The first kappa shape index (κ1) is 26.9. The van der Waals surface area contributed by atoms with Gasteiger partial charge in [0.25, 0.3) is 0 Å². The van der Waals surface area contributed by atoms with E-state index in [1.165, 1.54) is 48.9 Å². The minimum atomic E-state index is -1.57. The van der Waals surface area contributed by atoms with Crippen LogP contribution in [0.3, 0.4) is 0 Å². The second-order valence-electron chi connectivity index (χ2n) is 10.1. The zero-order valence-corrected chi connectivity index (χ0v) is 22.6. The molecule has 1 aliphatic rings. The van der Waals surface area contributed by atoms with Crippen LogP contribution in [0.5, 0.6) is 0 Å². The Morgan fingerprint density at radius 2 is 1.63 bits per heavy atom. The molecule has 186 valence electrons. The van der Waals surface area contributed by atoms with Gasteiger partial charge >= 0.3 is 0 Å². The lowest BCUT2D eigenvalue weighted by molar-refractivity contribution is 0.290. The smallest absolute Gasteiger partial charge is 0.114 e. The number of hydrogen-bond donors (Lipinski definition) is 2. The summed E-state index contributed by atoms with van der Waals surface area (Å²) in [6.07, 6.45) is 10.4. The van der Waals surface area contributed by atoms with Gasteiger partial charge in [0.1, 0.15) is 5.76 Å². The Hall–Kier alpha value is -2.66. The molecule has 2 aromatic carbocycles. The molecule has 1 aliphatic heterocycles. The number of aliphatic hydroxyl groups is 2. The Morgan fingerprint density at radius 1 is 0.971 bits per heavy atom. The predicted octanol–water partition coefficient (Wildman–Crippen LogP) is 6.49. The van der Waals surface area contributed by atoms with Crippen molar-refractivity contribution in [2.45, 2.75) is 45.7 Å². The van der Waals surface area contributed by atoms with E-state index in [1.807, 2.05) is 12.1 Å². The molecule has 0 atom stereocenters. The first-order chi connectivity index (χ1) is 16.9. The van der Waals surface area contributed by atoms with Gasteiger partial charge in [-0.1, -0.05) is 85.5 Å². The summed E-state index contributed by atoms with van der Waals surface area (Å²) in [5, 5.41) is 21.0. The average Bonchev–Trinajstić information content (AvgIpc) is 3.38. The molecule has 0 amide bonds. The van der Waals surface area contributed by atoms with E-state index in [0.29, 0.717) is 6.42 Å². The Balaban J connectivity index is 2.07. The fourth-order valence-electron chi connectivity index (χ4n) is 4.99. The van der Waals surface area contributed by atoms with E-state index in [-0.39, 0.29) is 12.4 Å². The van der Waals surface area contributed by atoms with Crippen LogP contribution in [0.4, 0.5) is 0 Å². The summed E-state index contributed by atoms with van der Waals surface area (Å²) >= 11 is 0. The Morgan fingerprint density at radius 3 is 2.23 bits per heavy atom. The molecule has 0 aromatic heterocycles. The lowest BCUT2D eigenvalue weighted by atomic mass is 9.87. The van der Waals surface area contributed by atoms with Gasteiger partial charge in [0.15, 0.2) is 0 Å². The van der Waals surface area contributed by atoms with Crippen molar-refractivity contribution in [2.75, 3.05) is 25.9 Å². The van der Waals surface area contributed by atoms with E-state index in [0.717, 1.165) is 28.7 Å². The van der Waals surface area contributed by atoms with Crippen molar-refractivity contribution in [1.29, 1.82) is 0 Å². The number of likely N-dealkylation sites (tertiary alicyclic amines) is 1. The zero-order valence-electron chi connectivity index (χ0n) is 21.6. The van der Waals surface area contributed by atoms with E-state index in [2.05, 4.69) is 80.0 Å². The highest BCUT2D eigenvalue weighted by Gasteiger charge is 2.28. The highest BCUT2D eigenvalue weighted by molar-refractivity contribution is 6.90. The van der Waals surface area contributed by atoms with Gasteiger partial charge in [-0.25, -0.2) is 0 Å². The molecule has 0 saturated carbocycles. The third-order valence-electron chi connectivity index (χ3n) is 6.89. The van der Waals surface area contributed by atoms with Gasteiger partial charge in [0, 0.05) is 6.61 Å². The van der Waals surface area contributed by atoms with Crippen LogP contribution < -0.4 is 5.19 Å². The molecule has 2 aromatic rings. The quantitative estimate of drug-likeness (QED) is 0.165. The number of nitrogens with zero attached hydrogens (tertiary/aromatic N) is 1. The molecule has 0 spiro atoms. The normalized spacial score (nSPS) is 16.3. The summed E-state index contributed by atoms with van der Waals surface area (Å²) in [5.74, 6) is 0.144. The Labute approximate surface area is 212 Å². The predicted molar refractivity (Wildman–Crippen MR) is 153 cm³/mol. The van der Waals surface area contributed by atoms with Crippen LogP contribution in [0, 0.1) is 0 Å². The highest BCUT2D eigenvalue weighted by atomic mass is 28.3. The maximum absolute atomic E-state index is 9.95. The van der Waals surface area contributed by atoms with Gasteiger partial charge in [-0.3, -0.25) is 0 Å². The second-order valence-corrected chi connectivity index (χ2v) is 14.8. The van der Waals surface area contributed by atoms with Crippen LogP contribution in [-0.2, 0) is 0 Å². The fourth-order valence-corrected chi connectivity index (χ4v) is 7.68.